The van der Waals surface area contributed by atoms with E-state index in [2.05, 4.69) is 5.32 Å². The van der Waals surface area contributed by atoms with Crippen molar-refractivity contribution in [3.05, 3.63) is 0 Å². The predicted octanol–water partition coefficient (Wildman–Crippen LogP) is 0.306. The summed E-state index contributed by atoms with van der Waals surface area (Å²) < 4.78 is 0. The van der Waals surface area contributed by atoms with Gasteiger partial charge in [0, 0.05) is 75.5 Å². The van der Waals surface area contributed by atoms with E-state index in [0.29, 0.717) is 32.1 Å². The molecule has 0 spiro atoms. The van der Waals surface area contributed by atoms with Crippen LogP contribution >= 0.6 is 0 Å². The normalized spacial score (nSPS) is 15.2. The lowest BCUT2D eigenvalue weighted by Crippen LogP contribution is -2.55. The highest BCUT2D eigenvalue weighted by atomic mass is 16.3. The van der Waals surface area contributed by atoms with E-state index >= 15 is 0 Å². The number of amides is 9. The molecule has 10 atom stereocenters. The second kappa shape index (κ2) is 38.6. The Labute approximate surface area is 478 Å². The van der Waals surface area contributed by atoms with E-state index in [1.54, 1.807) is 18.7 Å². The number of nitrogens with zero attached hydrogens (tertiary/aromatic N) is 9. The third-order valence-electron chi connectivity index (χ3n) is 14.8. The maximum absolute atomic E-state index is 14.4. The van der Waals surface area contributed by atoms with Crippen LogP contribution in [0.1, 0.15) is 149 Å². The van der Waals surface area contributed by atoms with Gasteiger partial charge in [-0.05, 0) is 108 Å². The Morgan fingerprint density at radius 2 is 0.637 bits per heavy atom. The Kier molecular flexibility index (Phi) is 36.2. The third kappa shape index (κ3) is 27.6. The van der Waals surface area contributed by atoms with Gasteiger partial charge in [-0.3, -0.25) is 48.1 Å². The van der Waals surface area contributed by atoms with Crippen LogP contribution in [0.15, 0.2) is 0 Å². The van der Waals surface area contributed by atoms with E-state index in [9.17, 15) is 63.6 Å². The Morgan fingerprint density at radius 1 is 0.350 bits per heavy atom. The first-order valence-electron chi connectivity index (χ1n) is 29.1. The van der Waals surface area contributed by atoms with Gasteiger partial charge >= 0.3 is 0 Å². The number of primary amides is 1. The van der Waals surface area contributed by atoms with Gasteiger partial charge in [-0.1, -0.05) is 41.5 Å². The quantitative estimate of drug-likeness (QED) is 0.0480. The summed E-state index contributed by atoms with van der Waals surface area (Å²) in [5.74, 6) is -5.11. The summed E-state index contributed by atoms with van der Waals surface area (Å²) in [5, 5.41) is 45.0. The van der Waals surface area contributed by atoms with Gasteiger partial charge in [0.2, 0.25) is 53.2 Å². The molecule has 464 valence electrons. The van der Waals surface area contributed by atoms with Gasteiger partial charge in [0.05, 0.1) is 63.7 Å². The largest absolute Gasteiger partial charge is 0.392 e. The predicted molar refractivity (Wildman–Crippen MR) is 307 cm³/mol. The Hall–Kier alpha value is -5.01. The van der Waals surface area contributed by atoms with Crippen LogP contribution < -0.4 is 11.1 Å². The minimum absolute atomic E-state index is 0.0263. The van der Waals surface area contributed by atoms with Crippen molar-refractivity contribution in [2.24, 2.45) is 5.73 Å². The molecule has 0 aromatic rings. The van der Waals surface area contributed by atoms with Gasteiger partial charge in [0.25, 0.3) is 0 Å². The van der Waals surface area contributed by atoms with Crippen molar-refractivity contribution >= 4 is 53.2 Å². The number of hydrogen-bond acceptors (Lipinski definition) is 15. The molecule has 0 aliphatic carbocycles. The van der Waals surface area contributed by atoms with Gasteiger partial charge in [-0.25, -0.2) is 0 Å². The van der Waals surface area contributed by atoms with Gasteiger partial charge in [-0.15, -0.1) is 0 Å². The maximum atomic E-state index is 14.4. The molecule has 0 radical (unpaired) electrons. The molecular weight excluding hydrogens is 1030 g/mol. The first kappa shape index (κ1) is 75.0. The number of aliphatic hydroxyl groups is 4. The van der Waals surface area contributed by atoms with E-state index in [4.69, 9.17) is 5.73 Å². The zero-order valence-electron chi connectivity index (χ0n) is 51.7. The molecule has 24 nitrogen and oxygen atoms in total. The van der Waals surface area contributed by atoms with E-state index < -0.39 is 105 Å². The molecule has 9 amide bonds. The fourth-order valence-electron chi connectivity index (χ4n) is 8.65. The summed E-state index contributed by atoms with van der Waals surface area (Å²) >= 11 is 0. The Bertz CT molecular complexity index is 1930. The van der Waals surface area contributed by atoms with Crippen molar-refractivity contribution in [3.8, 4) is 0 Å². The van der Waals surface area contributed by atoms with E-state index in [-0.39, 0.29) is 107 Å². The summed E-state index contributed by atoms with van der Waals surface area (Å²) in [6, 6.07) is -1.55. The standard InChI is InChI=1S/C56H107N11O13/c1-17-38(7)58-25-49(73)65(41(10)20-4)37-56(80)67(43(12)22-6)36-53(77)62(28-46(15)70)32-50(74)61(27-45(14)69)31-51(75)63(29-47(16)71)34-54(78)64(40(9)19-3)24-23-59(39(8)18-2)33-55(79)66(42(11)21-5)35-52(76)60(26-44(13)68)30-48(57)72/h38-47,58,68-71H,17-37H2,1-16H3,(H2,57,72). The number of rotatable bonds is 41. The highest BCUT2D eigenvalue weighted by Gasteiger charge is 2.34. The smallest absolute Gasteiger partial charge is 0.242 e. The van der Waals surface area contributed by atoms with Gasteiger partial charge in [-0.2, -0.15) is 0 Å². The van der Waals surface area contributed by atoms with Crippen LogP contribution in [0, 0.1) is 0 Å². The van der Waals surface area contributed by atoms with Crippen LogP contribution in [0.5, 0.6) is 0 Å². The number of hydrogen-bond donors (Lipinski definition) is 6. The lowest BCUT2D eigenvalue weighted by molar-refractivity contribution is -0.150. The van der Waals surface area contributed by atoms with Gasteiger partial charge < -0.3 is 70.7 Å². The zero-order chi connectivity index (χ0) is 61.7. The molecule has 0 saturated heterocycles. The molecule has 0 aliphatic rings. The molecule has 0 heterocycles. The summed E-state index contributed by atoms with van der Waals surface area (Å²) in [7, 11) is 0. The van der Waals surface area contributed by atoms with Crippen LogP contribution in [0.4, 0.5) is 0 Å². The first-order valence-corrected chi connectivity index (χ1v) is 29.1. The SMILES string of the molecule is CCC(C)NCC(=O)N(CC(=O)N(CC(=O)N(CC(=O)N(CC(=O)N(CC(=O)N(CCN(CC(=O)N(CC(=O)N(CC(N)=O)CC(C)O)C(C)CC)C(C)CC)C(C)CC)CC(C)O)CC(C)O)CC(C)O)C(C)CC)C(C)CC. The summed E-state index contributed by atoms with van der Waals surface area (Å²) in [6.45, 7) is 24.1. The topological polar surface area (TPSA) is 302 Å². The Balaban J connectivity index is 6.76. The highest BCUT2D eigenvalue weighted by molar-refractivity contribution is 5.93. The average molecular weight is 1140 g/mol. The summed E-state index contributed by atoms with van der Waals surface area (Å²) in [5.41, 5.74) is 5.40. The second-order valence-corrected chi connectivity index (χ2v) is 22.1. The molecule has 0 fully saturated rings. The number of carbonyl (C=O) groups excluding carboxylic acids is 9. The van der Waals surface area contributed by atoms with Crippen LogP contribution in [0.25, 0.3) is 0 Å². The molecule has 10 unspecified atom stereocenters. The Morgan fingerprint density at radius 3 is 0.975 bits per heavy atom. The maximum Gasteiger partial charge on any atom is 0.242 e. The molecule has 0 aliphatic heterocycles. The second-order valence-electron chi connectivity index (χ2n) is 22.1. The van der Waals surface area contributed by atoms with Crippen molar-refractivity contribution in [1.29, 1.82) is 0 Å². The van der Waals surface area contributed by atoms with Crippen LogP contribution in [0.2, 0.25) is 0 Å². The van der Waals surface area contributed by atoms with Crippen LogP contribution in [-0.2, 0) is 43.2 Å². The van der Waals surface area contributed by atoms with E-state index in [0.717, 1.165) is 26.0 Å². The highest BCUT2D eigenvalue weighted by Crippen LogP contribution is 2.15. The van der Waals surface area contributed by atoms with Gasteiger partial charge in [0.15, 0.2) is 0 Å². The minimum Gasteiger partial charge on any atom is -0.392 e. The minimum atomic E-state index is -1.15. The number of carbonyl (C=O) groups is 9. The lowest BCUT2D eigenvalue weighted by Gasteiger charge is -2.37. The molecule has 7 N–H and O–H groups in total. The van der Waals surface area contributed by atoms with Crippen molar-refractivity contribution in [2.75, 3.05) is 98.2 Å². The fraction of sp³-hybridized carbons (Fsp3) is 0.839. The molecule has 80 heavy (non-hydrogen) atoms. The number of nitrogens with two attached hydrogens (primary N) is 1. The molecule has 0 aromatic heterocycles. The third-order valence-corrected chi connectivity index (χ3v) is 14.8. The molecule has 0 bridgehead atoms. The van der Waals surface area contributed by atoms with Crippen LogP contribution in [0.3, 0.4) is 0 Å². The molecule has 0 saturated carbocycles. The zero-order valence-corrected chi connectivity index (χ0v) is 51.7. The number of aliphatic hydroxyl groups excluding tert-OH is 4. The number of nitrogens with one attached hydrogen (secondary N) is 1. The first-order chi connectivity index (χ1) is 37.3. The van der Waals surface area contributed by atoms with Gasteiger partial charge in [0.1, 0.15) is 19.6 Å². The molecule has 24 heteroatoms. The van der Waals surface area contributed by atoms with Crippen molar-refractivity contribution in [2.45, 2.75) is 210 Å². The molecule has 0 aromatic carbocycles. The molecular formula is C56H107N11O13. The van der Waals surface area contributed by atoms with E-state index in [1.165, 1.54) is 42.4 Å². The summed E-state index contributed by atoms with van der Waals surface area (Å²) in [4.78, 5) is 136. The summed E-state index contributed by atoms with van der Waals surface area (Å²) in [6.07, 6.45) is -0.834. The van der Waals surface area contributed by atoms with E-state index in [1.807, 2.05) is 74.1 Å². The monoisotopic (exact) mass is 1140 g/mol. The molecule has 0 rings (SSSR count). The van der Waals surface area contributed by atoms with Crippen molar-refractivity contribution < 1.29 is 63.6 Å². The van der Waals surface area contributed by atoms with Crippen molar-refractivity contribution in [1.82, 2.24) is 49.4 Å². The van der Waals surface area contributed by atoms with Crippen molar-refractivity contribution in [3.63, 3.8) is 0 Å². The van der Waals surface area contributed by atoms with Crippen LogP contribution in [-0.4, -0.2) is 277 Å². The average Bonchev–Trinajstić information content (AvgIpc) is 3.38. The fourth-order valence-corrected chi connectivity index (χ4v) is 8.65. The lowest BCUT2D eigenvalue weighted by atomic mass is 10.1.